The molecule has 0 radical (unpaired) electrons. The number of nitrogens with one attached hydrogen (secondary N) is 1. The minimum absolute atomic E-state index is 0.126. The van der Waals surface area contributed by atoms with E-state index in [2.05, 4.69) is 10.5 Å². The highest BCUT2D eigenvalue weighted by Crippen LogP contribution is 2.12. The second-order valence-corrected chi connectivity index (χ2v) is 4.43. The molecule has 1 aromatic heterocycles. The van der Waals surface area contributed by atoms with E-state index in [-0.39, 0.29) is 11.8 Å². The highest BCUT2D eigenvalue weighted by molar-refractivity contribution is 5.81. The van der Waals surface area contributed by atoms with Gasteiger partial charge in [-0.15, -0.1) is 0 Å². The third-order valence-electron chi connectivity index (χ3n) is 3.18. The molecular weight excluding hydrogens is 218 g/mol. The van der Waals surface area contributed by atoms with Crippen LogP contribution in [0.1, 0.15) is 37.3 Å². The fraction of sp³-hybridized carbons (Fsp3) is 0.667. The van der Waals surface area contributed by atoms with E-state index in [9.17, 15) is 4.79 Å². The first kappa shape index (κ1) is 13.7. The Morgan fingerprint density at radius 3 is 2.65 bits per heavy atom. The average Bonchev–Trinajstić information content (AvgIpc) is 2.64. The molecule has 0 fully saturated rings. The standard InChI is InChI=1S/C12H21N3O2/c1-5-7(2)11(13)12(16)14-6-10-8(3)15-17-9(10)4/h7,11H,5-6,13H2,1-4H3,(H,14,16)/t7-,11-/m0/s1. The van der Waals surface area contributed by atoms with Gasteiger partial charge in [-0.25, -0.2) is 0 Å². The van der Waals surface area contributed by atoms with Crippen molar-refractivity contribution in [3.8, 4) is 0 Å². The van der Waals surface area contributed by atoms with Crippen molar-refractivity contribution in [3.63, 3.8) is 0 Å². The van der Waals surface area contributed by atoms with Crippen molar-refractivity contribution in [1.82, 2.24) is 10.5 Å². The molecule has 1 amide bonds. The van der Waals surface area contributed by atoms with Crippen molar-refractivity contribution in [2.75, 3.05) is 0 Å². The summed E-state index contributed by atoms with van der Waals surface area (Å²) in [6, 6.07) is -0.458. The summed E-state index contributed by atoms with van der Waals surface area (Å²) < 4.78 is 5.02. The Morgan fingerprint density at radius 2 is 2.18 bits per heavy atom. The van der Waals surface area contributed by atoms with E-state index in [1.54, 1.807) is 0 Å². The Bertz CT molecular complexity index is 368. The summed E-state index contributed by atoms with van der Waals surface area (Å²) in [5.74, 6) is 0.791. The number of amides is 1. The topological polar surface area (TPSA) is 81.2 Å². The van der Waals surface area contributed by atoms with Crippen LogP contribution in [0.4, 0.5) is 0 Å². The van der Waals surface area contributed by atoms with Crippen LogP contribution in [0.15, 0.2) is 4.52 Å². The van der Waals surface area contributed by atoms with Crippen LogP contribution in [0, 0.1) is 19.8 Å². The van der Waals surface area contributed by atoms with Crippen LogP contribution in [0.3, 0.4) is 0 Å². The van der Waals surface area contributed by atoms with Gasteiger partial charge in [-0.05, 0) is 19.8 Å². The smallest absolute Gasteiger partial charge is 0.237 e. The van der Waals surface area contributed by atoms with Crippen LogP contribution in [-0.2, 0) is 11.3 Å². The number of aromatic nitrogens is 1. The lowest BCUT2D eigenvalue weighted by molar-refractivity contribution is -0.123. The molecule has 5 heteroatoms. The number of nitrogens with zero attached hydrogens (tertiary/aromatic N) is 1. The van der Waals surface area contributed by atoms with Gasteiger partial charge in [0.15, 0.2) is 0 Å². The number of aryl methyl sites for hydroxylation is 2. The molecule has 0 unspecified atom stereocenters. The Morgan fingerprint density at radius 1 is 1.53 bits per heavy atom. The van der Waals surface area contributed by atoms with Gasteiger partial charge in [0.1, 0.15) is 5.76 Å². The number of carbonyl (C=O) groups is 1. The second kappa shape index (κ2) is 5.82. The minimum atomic E-state index is -0.458. The maximum atomic E-state index is 11.8. The lowest BCUT2D eigenvalue weighted by atomic mass is 9.99. The Kier molecular flexibility index (Phi) is 4.69. The fourth-order valence-electron chi connectivity index (χ4n) is 1.56. The first-order chi connectivity index (χ1) is 7.97. The molecule has 0 aliphatic rings. The molecule has 1 heterocycles. The van der Waals surface area contributed by atoms with Gasteiger partial charge < -0.3 is 15.6 Å². The zero-order valence-electron chi connectivity index (χ0n) is 10.9. The predicted octanol–water partition coefficient (Wildman–Crippen LogP) is 1.28. The molecule has 0 saturated carbocycles. The molecule has 0 bridgehead atoms. The van der Waals surface area contributed by atoms with Crippen LogP contribution >= 0.6 is 0 Å². The third-order valence-corrected chi connectivity index (χ3v) is 3.18. The van der Waals surface area contributed by atoms with E-state index in [4.69, 9.17) is 10.3 Å². The molecule has 0 aromatic carbocycles. The van der Waals surface area contributed by atoms with Crippen molar-refractivity contribution in [1.29, 1.82) is 0 Å². The monoisotopic (exact) mass is 239 g/mol. The molecular formula is C12H21N3O2. The summed E-state index contributed by atoms with van der Waals surface area (Å²) in [7, 11) is 0. The Labute approximate surface area is 102 Å². The fourth-order valence-corrected chi connectivity index (χ4v) is 1.56. The van der Waals surface area contributed by atoms with Gasteiger partial charge in [0, 0.05) is 12.1 Å². The number of rotatable bonds is 5. The van der Waals surface area contributed by atoms with Crippen LogP contribution in [0.5, 0.6) is 0 Å². The zero-order valence-corrected chi connectivity index (χ0v) is 10.9. The average molecular weight is 239 g/mol. The quantitative estimate of drug-likeness (QED) is 0.811. The van der Waals surface area contributed by atoms with Gasteiger partial charge in [-0.3, -0.25) is 4.79 Å². The van der Waals surface area contributed by atoms with Crippen molar-refractivity contribution < 1.29 is 9.32 Å². The van der Waals surface area contributed by atoms with E-state index in [0.717, 1.165) is 23.4 Å². The summed E-state index contributed by atoms with van der Waals surface area (Å²) in [5.41, 5.74) is 7.57. The van der Waals surface area contributed by atoms with E-state index in [1.165, 1.54) is 0 Å². The highest BCUT2D eigenvalue weighted by atomic mass is 16.5. The van der Waals surface area contributed by atoms with Gasteiger partial charge in [-0.2, -0.15) is 0 Å². The summed E-state index contributed by atoms with van der Waals surface area (Å²) in [6.45, 7) is 8.10. The molecule has 0 aliphatic heterocycles. The van der Waals surface area contributed by atoms with Crippen molar-refractivity contribution in [2.45, 2.75) is 46.7 Å². The second-order valence-electron chi connectivity index (χ2n) is 4.43. The van der Waals surface area contributed by atoms with Crippen molar-refractivity contribution >= 4 is 5.91 Å². The first-order valence-electron chi connectivity index (χ1n) is 5.92. The molecule has 1 rings (SSSR count). The first-order valence-corrected chi connectivity index (χ1v) is 5.92. The van der Waals surface area contributed by atoms with Gasteiger partial charge in [-0.1, -0.05) is 25.4 Å². The molecule has 0 aliphatic carbocycles. The molecule has 2 atom stereocenters. The molecule has 5 nitrogen and oxygen atoms in total. The van der Waals surface area contributed by atoms with E-state index in [1.807, 2.05) is 27.7 Å². The molecule has 1 aromatic rings. The van der Waals surface area contributed by atoms with E-state index >= 15 is 0 Å². The summed E-state index contributed by atoms with van der Waals surface area (Å²) in [4.78, 5) is 11.8. The van der Waals surface area contributed by atoms with E-state index in [0.29, 0.717) is 6.54 Å². The SMILES string of the molecule is CC[C@H](C)[C@H](N)C(=O)NCc1c(C)noc1C. The molecule has 96 valence electrons. The van der Waals surface area contributed by atoms with Crippen LogP contribution in [0.25, 0.3) is 0 Å². The van der Waals surface area contributed by atoms with Gasteiger partial charge in [0.05, 0.1) is 11.7 Å². The number of nitrogens with two attached hydrogens (primary N) is 1. The van der Waals surface area contributed by atoms with E-state index < -0.39 is 6.04 Å². The largest absolute Gasteiger partial charge is 0.361 e. The van der Waals surface area contributed by atoms with Crippen molar-refractivity contribution in [3.05, 3.63) is 17.0 Å². The summed E-state index contributed by atoms with van der Waals surface area (Å²) >= 11 is 0. The van der Waals surface area contributed by atoms with Crippen LogP contribution in [0.2, 0.25) is 0 Å². The number of hydrogen-bond donors (Lipinski definition) is 2. The summed E-state index contributed by atoms with van der Waals surface area (Å²) in [6.07, 6.45) is 0.889. The molecule has 17 heavy (non-hydrogen) atoms. The molecule has 0 spiro atoms. The number of hydrogen-bond acceptors (Lipinski definition) is 4. The summed E-state index contributed by atoms with van der Waals surface area (Å²) in [5, 5.41) is 6.65. The lowest BCUT2D eigenvalue weighted by Crippen LogP contribution is -2.44. The Balaban J connectivity index is 2.54. The molecule has 0 saturated heterocycles. The predicted molar refractivity (Wildman–Crippen MR) is 65.3 cm³/mol. The van der Waals surface area contributed by atoms with Gasteiger partial charge in [0.25, 0.3) is 0 Å². The lowest BCUT2D eigenvalue weighted by Gasteiger charge is -2.17. The maximum Gasteiger partial charge on any atom is 0.237 e. The van der Waals surface area contributed by atoms with Crippen LogP contribution < -0.4 is 11.1 Å². The van der Waals surface area contributed by atoms with Gasteiger partial charge in [0.2, 0.25) is 5.91 Å². The minimum Gasteiger partial charge on any atom is -0.361 e. The maximum absolute atomic E-state index is 11.8. The third kappa shape index (κ3) is 3.30. The van der Waals surface area contributed by atoms with Crippen molar-refractivity contribution in [2.24, 2.45) is 11.7 Å². The molecule has 3 N–H and O–H groups in total. The highest BCUT2D eigenvalue weighted by Gasteiger charge is 2.19. The number of carbonyl (C=O) groups excluding carboxylic acids is 1. The zero-order chi connectivity index (χ0) is 13.0. The van der Waals surface area contributed by atoms with Gasteiger partial charge >= 0.3 is 0 Å². The van der Waals surface area contributed by atoms with Crippen LogP contribution in [-0.4, -0.2) is 17.1 Å². The Hall–Kier alpha value is -1.36. The normalized spacial score (nSPS) is 14.4.